The van der Waals surface area contributed by atoms with Gasteiger partial charge in [0.15, 0.2) is 0 Å². The smallest absolute Gasteiger partial charge is 0.264 e. The predicted octanol–water partition coefficient (Wildman–Crippen LogP) is 6.70. The molecule has 0 bridgehead atoms. The van der Waals surface area contributed by atoms with Gasteiger partial charge in [-0.2, -0.15) is 0 Å². The Balaban J connectivity index is 1.84. The topological polar surface area (TPSA) is 96.0 Å². The average molecular weight is 692 g/mol. The maximum atomic E-state index is 14.7. The molecule has 4 aromatic rings. The van der Waals surface area contributed by atoms with Crippen molar-refractivity contribution in [1.29, 1.82) is 0 Å². The molecular formula is C37H42FN3O5S2. The molecule has 0 fully saturated rings. The summed E-state index contributed by atoms with van der Waals surface area (Å²) < 4.78 is 49.6. The van der Waals surface area contributed by atoms with Gasteiger partial charge < -0.3 is 15.0 Å². The first-order chi connectivity index (χ1) is 23.1. The highest BCUT2D eigenvalue weighted by Gasteiger charge is 2.36. The molecular weight excluding hydrogens is 650 g/mol. The summed E-state index contributed by atoms with van der Waals surface area (Å²) in [6, 6.07) is 26.9. The van der Waals surface area contributed by atoms with Crippen LogP contribution in [0.1, 0.15) is 38.3 Å². The van der Waals surface area contributed by atoms with Crippen molar-refractivity contribution in [2.24, 2.45) is 0 Å². The van der Waals surface area contributed by atoms with Gasteiger partial charge in [0.2, 0.25) is 11.8 Å². The molecule has 0 radical (unpaired) electrons. The maximum Gasteiger partial charge on any atom is 0.264 e. The molecule has 0 saturated heterocycles. The SMILES string of the molecule is CCOc1ccccc1N(CC(=O)N(Cc1ccc(F)cc1)[C@H](Cc1ccccc1)C(=O)N[C@@H](C)CC)S(=O)(=O)c1ccc(SC)cc1. The van der Waals surface area contributed by atoms with Crippen LogP contribution in [0, 0.1) is 5.82 Å². The highest BCUT2D eigenvalue weighted by atomic mass is 32.2. The Kier molecular flexibility index (Phi) is 13.0. The standard InChI is InChI=1S/C37H42FN3O5S2/c1-5-27(3)39-37(43)34(24-28-12-8-7-9-13-28)40(25-29-16-18-30(38)19-17-29)36(42)26-41(33-14-10-11-15-35(33)46-6-2)48(44,45)32-22-20-31(47-4)21-23-32/h7-23,27,34H,5-6,24-26H2,1-4H3,(H,39,43)/t27-,34+/m0/s1. The van der Waals surface area contributed by atoms with Crippen LogP contribution in [0.4, 0.5) is 10.1 Å². The number of benzene rings is 4. The van der Waals surface area contributed by atoms with Gasteiger partial charge in [-0.05, 0) is 86.2 Å². The van der Waals surface area contributed by atoms with Gasteiger partial charge in [-0.1, -0.05) is 61.5 Å². The highest BCUT2D eigenvalue weighted by molar-refractivity contribution is 7.98. The molecule has 0 heterocycles. The molecule has 4 rings (SSSR count). The van der Waals surface area contributed by atoms with Crippen LogP contribution in [0.2, 0.25) is 0 Å². The summed E-state index contributed by atoms with van der Waals surface area (Å²) in [5, 5.41) is 3.01. The van der Waals surface area contributed by atoms with Crippen molar-refractivity contribution >= 4 is 39.3 Å². The third-order valence-corrected chi connectivity index (χ3v) is 10.4. The van der Waals surface area contributed by atoms with Gasteiger partial charge in [0.1, 0.15) is 24.2 Å². The molecule has 0 unspecified atom stereocenters. The minimum absolute atomic E-state index is 0.000152. The maximum absolute atomic E-state index is 14.7. The number of anilines is 1. The van der Waals surface area contributed by atoms with Crippen molar-refractivity contribution < 1.29 is 27.1 Å². The molecule has 48 heavy (non-hydrogen) atoms. The number of amides is 2. The van der Waals surface area contributed by atoms with Crippen molar-refractivity contribution in [2.75, 3.05) is 23.7 Å². The van der Waals surface area contributed by atoms with E-state index in [4.69, 9.17) is 4.74 Å². The molecule has 8 nitrogen and oxygen atoms in total. The second kappa shape index (κ2) is 17.2. The van der Waals surface area contributed by atoms with Gasteiger partial charge in [-0.15, -0.1) is 11.8 Å². The van der Waals surface area contributed by atoms with Crippen LogP contribution in [0.15, 0.2) is 113 Å². The Hall–Kier alpha value is -4.35. The number of thioether (sulfide) groups is 1. The number of hydrogen-bond donors (Lipinski definition) is 1. The van der Waals surface area contributed by atoms with E-state index < -0.39 is 34.3 Å². The molecule has 11 heteroatoms. The van der Waals surface area contributed by atoms with E-state index >= 15 is 0 Å². The highest BCUT2D eigenvalue weighted by Crippen LogP contribution is 2.33. The first-order valence-electron chi connectivity index (χ1n) is 15.8. The van der Waals surface area contributed by atoms with Crippen molar-refractivity contribution in [3.05, 3.63) is 120 Å². The van der Waals surface area contributed by atoms with Gasteiger partial charge in [0, 0.05) is 23.9 Å². The molecule has 0 aromatic heterocycles. The van der Waals surface area contributed by atoms with Gasteiger partial charge in [0.25, 0.3) is 10.0 Å². The number of carbonyl (C=O) groups excluding carboxylic acids is 2. The lowest BCUT2D eigenvalue weighted by Gasteiger charge is -2.34. The van der Waals surface area contributed by atoms with Crippen molar-refractivity contribution in [1.82, 2.24) is 10.2 Å². The number of halogens is 1. The summed E-state index contributed by atoms with van der Waals surface area (Å²) in [7, 11) is -4.31. The van der Waals surface area contributed by atoms with Crippen LogP contribution >= 0.6 is 11.8 Å². The number of ether oxygens (including phenoxy) is 1. The van der Waals surface area contributed by atoms with E-state index in [0.717, 1.165) is 14.8 Å². The van der Waals surface area contributed by atoms with Crippen LogP contribution in [0.25, 0.3) is 0 Å². The fourth-order valence-electron chi connectivity index (χ4n) is 5.11. The summed E-state index contributed by atoms with van der Waals surface area (Å²) in [6.07, 6.45) is 2.74. The Morgan fingerprint density at radius 2 is 1.52 bits per heavy atom. The summed E-state index contributed by atoms with van der Waals surface area (Å²) >= 11 is 1.48. The first-order valence-corrected chi connectivity index (χ1v) is 18.5. The van der Waals surface area contributed by atoms with Gasteiger partial charge >= 0.3 is 0 Å². The monoisotopic (exact) mass is 691 g/mol. The lowest BCUT2D eigenvalue weighted by molar-refractivity contribution is -0.140. The molecule has 0 aliphatic rings. The third kappa shape index (κ3) is 9.38. The van der Waals surface area contributed by atoms with E-state index in [1.54, 1.807) is 55.5 Å². The van der Waals surface area contributed by atoms with Gasteiger partial charge in [-0.3, -0.25) is 13.9 Å². The summed E-state index contributed by atoms with van der Waals surface area (Å²) in [6.45, 7) is 5.20. The quantitative estimate of drug-likeness (QED) is 0.132. The number of hydrogen-bond acceptors (Lipinski definition) is 6. The largest absolute Gasteiger partial charge is 0.492 e. The number of rotatable bonds is 16. The number of nitrogens with zero attached hydrogens (tertiary/aromatic N) is 2. The summed E-state index contributed by atoms with van der Waals surface area (Å²) in [5.41, 5.74) is 1.58. The molecule has 0 spiro atoms. The Morgan fingerprint density at radius 1 is 0.875 bits per heavy atom. The Bertz CT molecular complexity index is 1750. The lowest BCUT2D eigenvalue weighted by atomic mass is 10.0. The van der Waals surface area contributed by atoms with E-state index in [1.165, 1.54) is 40.9 Å². The second-order valence-corrected chi connectivity index (χ2v) is 14.0. The van der Waals surface area contributed by atoms with Crippen LogP contribution in [-0.4, -0.2) is 56.6 Å². The first kappa shape index (κ1) is 36.5. The van der Waals surface area contributed by atoms with Crippen LogP contribution in [0.5, 0.6) is 5.75 Å². The molecule has 1 N–H and O–H groups in total. The second-order valence-electron chi connectivity index (χ2n) is 11.3. The van der Waals surface area contributed by atoms with Gasteiger partial charge in [0.05, 0.1) is 17.2 Å². The van der Waals surface area contributed by atoms with Crippen LogP contribution in [-0.2, 0) is 32.6 Å². The fraction of sp³-hybridized carbons (Fsp3) is 0.297. The molecule has 0 aliphatic heterocycles. The zero-order valence-corrected chi connectivity index (χ0v) is 29.3. The van der Waals surface area contributed by atoms with E-state index in [0.29, 0.717) is 12.0 Å². The summed E-state index contributed by atoms with van der Waals surface area (Å²) in [4.78, 5) is 30.9. The van der Waals surface area contributed by atoms with E-state index in [9.17, 15) is 22.4 Å². The van der Waals surface area contributed by atoms with E-state index in [-0.39, 0.29) is 47.9 Å². The molecule has 2 amide bonds. The number of para-hydroxylation sites is 2. The van der Waals surface area contributed by atoms with E-state index in [2.05, 4.69) is 5.32 Å². The normalized spacial score (nSPS) is 12.5. The van der Waals surface area contributed by atoms with E-state index in [1.807, 2.05) is 50.4 Å². The lowest BCUT2D eigenvalue weighted by Crippen LogP contribution is -2.54. The van der Waals surface area contributed by atoms with Crippen LogP contribution in [0.3, 0.4) is 0 Å². The summed E-state index contributed by atoms with van der Waals surface area (Å²) in [5.74, 6) is -1.14. The zero-order valence-electron chi connectivity index (χ0n) is 27.6. The van der Waals surface area contributed by atoms with Gasteiger partial charge in [-0.25, -0.2) is 12.8 Å². The Labute approximate surface area is 287 Å². The minimum Gasteiger partial charge on any atom is -0.492 e. The Morgan fingerprint density at radius 3 is 2.15 bits per heavy atom. The third-order valence-electron chi connectivity index (χ3n) is 7.90. The van der Waals surface area contributed by atoms with Crippen molar-refractivity contribution in [2.45, 2.75) is 62.0 Å². The number of nitrogens with one attached hydrogen (secondary N) is 1. The van der Waals surface area contributed by atoms with Crippen molar-refractivity contribution in [3.8, 4) is 5.75 Å². The molecule has 2 atom stereocenters. The minimum atomic E-state index is -4.31. The molecule has 254 valence electrons. The zero-order chi connectivity index (χ0) is 34.7. The molecule has 0 saturated carbocycles. The molecule has 0 aliphatic carbocycles. The van der Waals surface area contributed by atoms with Crippen LogP contribution < -0.4 is 14.4 Å². The number of sulfonamides is 1. The molecule has 4 aromatic carbocycles. The average Bonchev–Trinajstić information content (AvgIpc) is 3.10. The number of carbonyl (C=O) groups is 2. The predicted molar refractivity (Wildman–Crippen MR) is 189 cm³/mol. The fourth-order valence-corrected chi connectivity index (χ4v) is 6.94. The van der Waals surface area contributed by atoms with Crippen molar-refractivity contribution in [3.63, 3.8) is 0 Å².